The van der Waals surface area contributed by atoms with E-state index in [2.05, 4.69) is 224 Å². The first-order chi connectivity index (χ1) is 36.1. The second-order valence-corrected chi connectivity index (χ2v) is 24.7. The molecule has 24 heteroatoms. The Morgan fingerprint density at radius 2 is 0.697 bits per heavy atom. The van der Waals surface area contributed by atoms with Gasteiger partial charge in [0.2, 0.25) is 0 Å². The number of hydrogen-bond donors (Lipinski definition) is 0. The quantitative estimate of drug-likeness (QED) is 0.155. The second kappa shape index (κ2) is 19.2. The van der Waals surface area contributed by atoms with Crippen LogP contribution in [0.1, 0.15) is 0 Å². The lowest BCUT2D eigenvalue weighted by Crippen LogP contribution is -2.57. The molecule has 8 aromatic carbocycles. The van der Waals surface area contributed by atoms with Crippen LogP contribution >= 0.6 is 22.7 Å². The van der Waals surface area contributed by atoms with Crippen molar-refractivity contribution >= 4 is 329 Å². The molecule has 0 amide bonds. The van der Waals surface area contributed by atoms with Crippen molar-refractivity contribution in [1.82, 2.24) is 9.97 Å². The SMILES string of the molecule is Bc1c(B)c(B)c(-c2c(B)c(B)c(-c3c(B)c(B)c(B)c(-c4ccc5sc6c(-c7cccc(-c8ccc(-c9c(B)c(B)c(B)c%10c9sc9c(B)c(B)c(B)c(B)c9%10)cc8)c7)ncnc6c5c4)c3B)c(B)c2B)c(B)c1B. The molecule has 3 heterocycles. The van der Waals surface area contributed by atoms with Crippen LogP contribution in [0.4, 0.5) is 0 Å². The van der Waals surface area contributed by atoms with Crippen LogP contribution in [-0.2, 0) is 0 Å². The second-order valence-electron chi connectivity index (χ2n) is 22.6. The van der Waals surface area contributed by atoms with Gasteiger partial charge in [0.15, 0.2) is 0 Å². The summed E-state index contributed by atoms with van der Waals surface area (Å²) in [6, 6.07) is 25.3. The van der Waals surface area contributed by atoms with E-state index < -0.39 is 0 Å². The summed E-state index contributed by atoms with van der Waals surface area (Å²) in [7, 11) is 46.4. The van der Waals surface area contributed by atoms with E-state index >= 15 is 0 Å². The summed E-state index contributed by atoms with van der Waals surface area (Å²) in [6.07, 6.45) is 1.76. The molecule has 0 bridgehead atoms. The van der Waals surface area contributed by atoms with Crippen LogP contribution in [0.2, 0.25) is 0 Å². The first-order valence-corrected chi connectivity index (χ1v) is 28.8. The van der Waals surface area contributed by atoms with Crippen molar-refractivity contribution in [2.75, 3.05) is 0 Å². The Labute approximate surface area is 475 Å². The zero-order chi connectivity index (χ0) is 54.4. The van der Waals surface area contributed by atoms with Crippen molar-refractivity contribution < 1.29 is 0 Å². The van der Waals surface area contributed by atoms with Gasteiger partial charge in [-0.05, 0) is 84.6 Å². The highest BCUT2D eigenvalue weighted by Crippen LogP contribution is 2.41. The summed E-state index contributed by atoms with van der Waals surface area (Å²) >= 11 is 3.78. The Bertz CT molecular complexity index is 4360. The van der Waals surface area contributed by atoms with Gasteiger partial charge < -0.3 is 0 Å². The van der Waals surface area contributed by atoms with Crippen LogP contribution in [0.3, 0.4) is 0 Å². The van der Waals surface area contributed by atoms with Crippen LogP contribution in [0.15, 0.2) is 73.1 Å². The Morgan fingerprint density at radius 1 is 0.276 bits per heavy atom. The average molecular weight is 985 g/mol. The van der Waals surface area contributed by atoms with Crippen molar-refractivity contribution in [1.29, 1.82) is 0 Å². The van der Waals surface area contributed by atoms with E-state index in [1.807, 2.05) is 11.3 Å². The first-order valence-electron chi connectivity index (χ1n) is 27.2. The number of benzene rings is 8. The van der Waals surface area contributed by atoms with Gasteiger partial charge in [-0.2, -0.15) is 0 Å². The minimum atomic E-state index is 0.975. The summed E-state index contributed by atoms with van der Waals surface area (Å²) in [5.74, 6) is 0. The fraction of sp³-hybridized carbons (Fsp3) is 0. The fourth-order valence-corrected chi connectivity index (χ4v) is 16.1. The van der Waals surface area contributed by atoms with E-state index in [0.29, 0.717) is 0 Å². The van der Waals surface area contributed by atoms with Crippen LogP contribution in [0, 0.1) is 0 Å². The van der Waals surface area contributed by atoms with Crippen LogP contribution in [-0.4, -0.2) is 167 Å². The topological polar surface area (TPSA) is 25.8 Å². The summed E-state index contributed by atoms with van der Waals surface area (Å²) < 4.78 is 5.17. The molecule has 0 aliphatic rings. The summed E-state index contributed by atoms with van der Waals surface area (Å²) in [6.45, 7) is 0. The summed E-state index contributed by atoms with van der Waals surface area (Å²) in [4.78, 5) is 10.0. The molecular formula is C52H52B20N2S2. The number of fused-ring (bicyclic) bond motifs is 6. The lowest BCUT2D eigenvalue weighted by molar-refractivity contribution is 1.24. The maximum Gasteiger partial charge on any atom is 0.140 e. The van der Waals surface area contributed by atoms with Gasteiger partial charge in [-0.1, -0.05) is 120 Å². The van der Waals surface area contributed by atoms with Gasteiger partial charge in [0.1, 0.15) is 163 Å². The Balaban J connectivity index is 0.980. The van der Waals surface area contributed by atoms with E-state index in [4.69, 9.17) is 9.97 Å². The molecule has 342 valence electrons. The summed E-state index contributed by atoms with van der Waals surface area (Å²) in [5.41, 5.74) is 43.9. The fourth-order valence-electron chi connectivity index (χ4n) is 13.4. The normalized spacial score (nSPS) is 11.7. The van der Waals surface area contributed by atoms with Crippen molar-refractivity contribution in [3.05, 3.63) is 73.1 Å². The van der Waals surface area contributed by atoms with Crippen LogP contribution in [0.5, 0.6) is 0 Å². The highest BCUT2D eigenvalue weighted by atomic mass is 32.1. The summed E-state index contributed by atoms with van der Waals surface area (Å²) in [5, 5.41) is 4.05. The van der Waals surface area contributed by atoms with Gasteiger partial charge in [-0.15, -0.1) is 60.9 Å². The van der Waals surface area contributed by atoms with E-state index in [-0.39, 0.29) is 0 Å². The number of rotatable bonds is 6. The third kappa shape index (κ3) is 7.71. The lowest BCUT2D eigenvalue weighted by atomic mass is 9.54. The van der Waals surface area contributed by atoms with Crippen molar-refractivity contribution in [2.45, 2.75) is 0 Å². The molecule has 11 aromatic rings. The van der Waals surface area contributed by atoms with Gasteiger partial charge in [-0.25, -0.2) is 9.97 Å². The standard InChI is InChI=1S/C52H52B20N2S2/c53-28-20(29(54)40(65)35(60)22(28)23-31(56)33(58)24(34(59)32(23)57)25-36(61)42(67)45(70)43(68)37(25)62)16-8-9-19-18(11-16)49-52(75-19)48(73-12-74-49)17-3-1-2-15(10-17)13-4-6-14(7-5-13)21-30(55)41(66)38(63)26-27-39(64)44(69)46(71)47(72)51(27)76-50(21)26/h1-12H,53-72H2. The maximum atomic E-state index is 5.03. The van der Waals surface area contributed by atoms with Gasteiger partial charge in [0, 0.05) is 25.0 Å². The highest BCUT2D eigenvalue weighted by molar-refractivity contribution is 7.28. The molecule has 11 rings (SSSR count). The molecule has 3 aromatic heterocycles. The third-order valence-electron chi connectivity index (χ3n) is 19.3. The molecule has 0 aliphatic heterocycles. The van der Waals surface area contributed by atoms with Gasteiger partial charge in [0.25, 0.3) is 0 Å². The highest BCUT2D eigenvalue weighted by Gasteiger charge is 2.26. The number of aromatic nitrogens is 2. The minimum Gasteiger partial charge on any atom is -0.235 e. The largest absolute Gasteiger partial charge is 0.235 e. The molecule has 76 heavy (non-hydrogen) atoms. The molecular weight excluding hydrogens is 933 g/mol. The number of nitrogens with zero attached hydrogens (tertiary/aromatic N) is 2. The van der Waals surface area contributed by atoms with Crippen LogP contribution in [0.25, 0.3) is 107 Å². The molecule has 0 saturated carbocycles. The number of hydrogen-bond acceptors (Lipinski definition) is 4. The molecule has 0 N–H and O–H groups in total. The van der Waals surface area contributed by atoms with E-state index in [1.54, 1.807) is 17.7 Å². The Hall–Kier alpha value is -5.42. The van der Waals surface area contributed by atoms with E-state index in [1.165, 1.54) is 195 Å². The number of thiophene rings is 2. The molecule has 0 atom stereocenters. The van der Waals surface area contributed by atoms with Crippen molar-refractivity contribution in [3.63, 3.8) is 0 Å². The van der Waals surface area contributed by atoms with Crippen LogP contribution < -0.4 is 109 Å². The smallest absolute Gasteiger partial charge is 0.140 e. The molecule has 0 fully saturated rings. The molecule has 2 nitrogen and oxygen atoms in total. The first kappa shape index (κ1) is 52.6. The van der Waals surface area contributed by atoms with Crippen molar-refractivity contribution in [2.24, 2.45) is 0 Å². The zero-order valence-corrected chi connectivity index (χ0v) is 50.3. The maximum absolute atomic E-state index is 5.03. The molecule has 0 unspecified atom stereocenters. The minimum absolute atomic E-state index is 0.975. The van der Waals surface area contributed by atoms with Gasteiger partial charge in [0.05, 0.1) is 15.9 Å². The average Bonchev–Trinajstić information content (AvgIpc) is 4.02. The predicted molar refractivity (Wildman–Crippen MR) is 404 cm³/mol. The molecule has 0 aliphatic carbocycles. The predicted octanol–water partition coefficient (Wildman–Crippen LogP) is -19.6. The van der Waals surface area contributed by atoms with Crippen molar-refractivity contribution in [3.8, 4) is 66.9 Å². The van der Waals surface area contributed by atoms with E-state index in [9.17, 15) is 0 Å². The van der Waals surface area contributed by atoms with E-state index in [0.717, 1.165) is 21.5 Å². The van der Waals surface area contributed by atoms with Gasteiger partial charge >= 0.3 is 0 Å². The third-order valence-corrected chi connectivity index (χ3v) is 21.8. The Morgan fingerprint density at radius 3 is 1.29 bits per heavy atom. The monoisotopic (exact) mass is 989 g/mol. The molecule has 0 radical (unpaired) electrons. The van der Waals surface area contributed by atoms with Gasteiger partial charge in [-0.3, -0.25) is 0 Å². The Kier molecular flexibility index (Phi) is 13.3. The lowest BCUT2D eigenvalue weighted by Gasteiger charge is -2.30. The molecule has 0 saturated heterocycles. The zero-order valence-electron chi connectivity index (χ0n) is 48.6. The molecule has 0 spiro atoms.